The largest absolute Gasteiger partial charge is 0.490 e. The lowest BCUT2D eigenvalue weighted by Crippen LogP contribution is -2.26. The Balaban J connectivity index is 2.69. The van der Waals surface area contributed by atoms with Gasteiger partial charge in [-0.1, -0.05) is 0 Å². The van der Waals surface area contributed by atoms with Crippen LogP contribution in [0.25, 0.3) is 0 Å². The van der Waals surface area contributed by atoms with E-state index in [9.17, 15) is 4.79 Å². The molecule has 6 nitrogen and oxygen atoms in total. The summed E-state index contributed by atoms with van der Waals surface area (Å²) in [5.74, 6) is 0.395. The molecule has 0 amide bonds. The number of nitrogens with zero attached hydrogens (tertiary/aromatic N) is 2. The molecule has 0 saturated heterocycles. The summed E-state index contributed by atoms with van der Waals surface area (Å²) >= 11 is 0. The highest BCUT2D eigenvalue weighted by molar-refractivity contribution is 5.13. The first-order valence-electron chi connectivity index (χ1n) is 4.70. The lowest BCUT2D eigenvalue weighted by molar-refractivity contribution is 0.262. The van der Waals surface area contributed by atoms with Crippen LogP contribution >= 0.6 is 0 Å². The first-order chi connectivity index (χ1) is 7.13. The van der Waals surface area contributed by atoms with Crippen LogP contribution in [0.2, 0.25) is 0 Å². The number of rotatable bonds is 5. The van der Waals surface area contributed by atoms with Crippen LogP contribution in [0.5, 0.6) is 5.75 Å². The highest BCUT2D eigenvalue weighted by Crippen LogP contribution is 2.03. The van der Waals surface area contributed by atoms with Gasteiger partial charge in [0.05, 0.1) is 19.3 Å². The van der Waals surface area contributed by atoms with Crippen LogP contribution in [0.4, 0.5) is 0 Å². The number of aliphatic hydroxyl groups excluding tert-OH is 1. The van der Waals surface area contributed by atoms with Gasteiger partial charge in [0.25, 0.3) is 5.56 Å². The number of aliphatic hydroxyl groups is 1. The molecule has 1 heterocycles. The van der Waals surface area contributed by atoms with Crippen LogP contribution in [0.1, 0.15) is 6.92 Å². The molecule has 0 aliphatic heterocycles. The SMILES string of the molecule is CC(N)COc1cnn(CCO)c(=O)c1. The van der Waals surface area contributed by atoms with Crippen molar-refractivity contribution in [2.24, 2.45) is 5.73 Å². The maximum atomic E-state index is 11.4. The first kappa shape index (κ1) is 11.7. The van der Waals surface area contributed by atoms with E-state index in [1.54, 1.807) is 6.92 Å². The molecule has 0 fully saturated rings. The van der Waals surface area contributed by atoms with Crippen LogP contribution < -0.4 is 16.0 Å². The third-order valence-corrected chi connectivity index (χ3v) is 1.67. The molecule has 84 valence electrons. The molecular weight excluding hydrogens is 198 g/mol. The van der Waals surface area contributed by atoms with E-state index in [4.69, 9.17) is 15.6 Å². The molecule has 1 unspecified atom stereocenters. The van der Waals surface area contributed by atoms with E-state index in [-0.39, 0.29) is 24.8 Å². The Morgan fingerprint density at radius 1 is 1.73 bits per heavy atom. The van der Waals surface area contributed by atoms with Crippen molar-refractivity contribution in [1.29, 1.82) is 0 Å². The van der Waals surface area contributed by atoms with Crippen LogP contribution in [0.15, 0.2) is 17.1 Å². The van der Waals surface area contributed by atoms with Gasteiger partial charge < -0.3 is 15.6 Å². The highest BCUT2D eigenvalue weighted by atomic mass is 16.5. The van der Waals surface area contributed by atoms with Gasteiger partial charge in [0.15, 0.2) is 0 Å². The van der Waals surface area contributed by atoms with E-state index in [1.807, 2.05) is 0 Å². The maximum Gasteiger partial charge on any atom is 0.270 e. The summed E-state index contributed by atoms with van der Waals surface area (Å²) in [4.78, 5) is 11.4. The molecule has 0 spiro atoms. The topological polar surface area (TPSA) is 90.4 Å². The summed E-state index contributed by atoms with van der Waals surface area (Å²) in [6.45, 7) is 2.21. The number of nitrogens with two attached hydrogens (primary N) is 1. The Hall–Kier alpha value is -1.40. The molecule has 0 aromatic carbocycles. The molecule has 0 bridgehead atoms. The summed E-state index contributed by atoms with van der Waals surface area (Å²) in [6, 6.07) is 1.23. The zero-order valence-electron chi connectivity index (χ0n) is 8.59. The quantitative estimate of drug-likeness (QED) is 0.652. The average Bonchev–Trinajstić information content (AvgIpc) is 2.19. The van der Waals surface area contributed by atoms with Gasteiger partial charge in [-0.3, -0.25) is 4.79 Å². The number of hydrogen-bond acceptors (Lipinski definition) is 5. The van der Waals surface area contributed by atoms with Crippen molar-refractivity contribution in [1.82, 2.24) is 9.78 Å². The minimum Gasteiger partial charge on any atom is -0.490 e. The Kier molecular flexibility index (Phi) is 4.26. The van der Waals surface area contributed by atoms with Gasteiger partial charge in [0.1, 0.15) is 12.4 Å². The molecule has 0 radical (unpaired) electrons. The Labute approximate surface area is 87.3 Å². The van der Waals surface area contributed by atoms with E-state index < -0.39 is 0 Å². The van der Waals surface area contributed by atoms with E-state index in [0.29, 0.717) is 12.4 Å². The van der Waals surface area contributed by atoms with Gasteiger partial charge >= 0.3 is 0 Å². The molecule has 1 rings (SSSR count). The second-order valence-electron chi connectivity index (χ2n) is 3.26. The Morgan fingerprint density at radius 3 is 3.00 bits per heavy atom. The molecule has 15 heavy (non-hydrogen) atoms. The molecule has 0 aliphatic rings. The van der Waals surface area contributed by atoms with E-state index >= 15 is 0 Å². The Bertz CT molecular complexity index is 362. The van der Waals surface area contributed by atoms with Crippen molar-refractivity contribution in [2.45, 2.75) is 19.5 Å². The average molecular weight is 213 g/mol. The normalized spacial score (nSPS) is 12.5. The maximum absolute atomic E-state index is 11.4. The second kappa shape index (κ2) is 5.47. The monoisotopic (exact) mass is 213 g/mol. The lowest BCUT2D eigenvalue weighted by Gasteiger charge is -2.08. The van der Waals surface area contributed by atoms with Gasteiger partial charge in [-0.2, -0.15) is 5.10 Å². The zero-order valence-corrected chi connectivity index (χ0v) is 8.59. The zero-order chi connectivity index (χ0) is 11.3. The van der Waals surface area contributed by atoms with Crippen molar-refractivity contribution in [3.63, 3.8) is 0 Å². The van der Waals surface area contributed by atoms with Crippen LogP contribution in [-0.2, 0) is 6.54 Å². The summed E-state index contributed by atoms with van der Waals surface area (Å²) in [6.07, 6.45) is 1.43. The minimum absolute atomic E-state index is 0.0927. The van der Waals surface area contributed by atoms with Gasteiger partial charge in [0, 0.05) is 12.1 Å². The molecule has 6 heteroatoms. The van der Waals surface area contributed by atoms with Crippen LogP contribution in [0, 0.1) is 0 Å². The summed E-state index contributed by atoms with van der Waals surface area (Å²) in [5.41, 5.74) is 5.19. The number of ether oxygens (including phenoxy) is 1. The molecule has 0 aliphatic carbocycles. The number of aromatic nitrogens is 2. The molecule has 0 saturated carbocycles. The highest BCUT2D eigenvalue weighted by Gasteiger charge is 2.01. The van der Waals surface area contributed by atoms with Crippen LogP contribution in [0.3, 0.4) is 0 Å². The predicted octanol–water partition coefficient (Wildman–Crippen LogP) is -1.04. The second-order valence-corrected chi connectivity index (χ2v) is 3.26. The van der Waals surface area contributed by atoms with E-state index in [0.717, 1.165) is 0 Å². The van der Waals surface area contributed by atoms with Crippen molar-refractivity contribution in [3.05, 3.63) is 22.6 Å². The summed E-state index contributed by atoms with van der Waals surface area (Å²) in [5, 5.41) is 12.5. The molecule has 1 atom stereocenters. The molecule has 1 aromatic rings. The smallest absolute Gasteiger partial charge is 0.270 e. The lowest BCUT2D eigenvalue weighted by atomic mass is 10.4. The van der Waals surface area contributed by atoms with E-state index in [1.165, 1.54) is 16.9 Å². The fourth-order valence-corrected chi connectivity index (χ4v) is 0.986. The fourth-order valence-electron chi connectivity index (χ4n) is 0.986. The Morgan fingerprint density at radius 2 is 2.47 bits per heavy atom. The minimum atomic E-state index is -0.300. The van der Waals surface area contributed by atoms with Crippen LogP contribution in [-0.4, -0.2) is 34.1 Å². The van der Waals surface area contributed by atoms with E-state index in [2.05, 4.69) is 5.10 Å². The predicted molar refractivity (Wildman–Crippen MR) is 54.7 cm³/mol. The summed E-state index contributed by atoms with van der Waals surface area (Å²) < 4.78 is 6.38. The molecular formula is C9H15N3O3. The molecule has 3 N–H and O–H groups in total. The third kappa shape index (κ3) is 3.69. The van der Waals surface area contributed by atoms with Gasteiger partial charge in [-0.25, -0.2) is 4.68 Å². The van der Waals surface area contributed by atoms with Crippen molar-refractivity contribution < 1.29 is 9.84 Å². The number of hydrogen-bond donors (Lipinski definition) is 2. The third-order valence-electron chi connectivity index (χ3n) is 1.67. The van der Waals surface area contributed by atoms with Gasteiger partial charge in [-0.05, 0) is 6.92 Å². The van der Waals surface area contributed by atoms with Gasteiger partial charge in [-0.15, -0.1) is 0 Å². The molecule has 1 aromatic heterocycles. The first-order valence-corrected chi connectivity index (χ1v) is 4.70. The van der Waals surface area contributed by atoms with Crippen molar-refractivity contribution in [2.75, 3.05) is 13.2 Å². The fraction of sp³-hybridized carbons (Fsp3) is 0.556. The van der Waals surface area contributed by atoms with Gasteiger partial charge in [0.2, 0.25) is 0 Å². The summed E-state index contributed by atoms with van der Waals surface area (Å²) in [7, 11) is 0. The standard InChI is InChI=1S/C9H15N3O3/c1-7(10)6-15-8-4-9(14)12(2-3-13)11-5-8/h4-5,7,13H,2-3,6,10H2,1H3. The van der Waals surface area contributed by atoms with Crippen molar-refractivity contribution >= 4 is 0 Å². The van der Waals surface area contributed by atoms with Crippen molar-refractivity contribution in [3.8, 4) is 5.75 Å².